The zero-order valence-electron chi connectivity index (χ0n) is 15.1. The summed E-state index contributed by atoms with van der Waals surface area (Å²) in [6.45, 7) is 3.32. The molecule has 2 aromatic rings. The van der Waals surface area contributed by atoms with Crippen molar-refractivity contribution in [2.45, 2.75) is 25.0 Å². The molecule has 26 heavy (non-hydrogen) atoms. The van der Waals surface area contributed by atoms with Crippen LogP contribution < -0.4 is 9.47 Å². The van der Waals surface area contributed by atoms with Crippen molar-refractivity contribution in [2.24, 2.45) is 0 Å². The fourth-order valence-electron chi connectivity index (χ4n) is 3.25. The summed E-state index contributed by atoms with van der Waals surface area (Å²) in [6, 6.07) is 14.3. The van der Waals surface area contributed by atoms with E-state index in [0.29, 0.717) is 22.6 Å². The molecule has 0 amide bonds. The zero-order valence-corrected chi connectivity index (χ0v) is 15.1. The van der Waals surface area contributed by atoms with Gasteiger partial charge in [-0.15, -0.1) is 0 Å². The molecule has 0 atom stereocenters. The number of Topliss-reactive ketones (excluding diaryl/α,β-unsaturated/α-hetero) is 1. The van der Waals surface area contributed by atoms with E-state index in [1.807, 2.05) is 0 Å². The van der Waals surface area contributed by atoms with E-state index < -0.39 is 11.2 Å². The predicted molar refractivity (Wildman–Crippen MR) is 95.6 cm³/mol. The highest BCUT2D eigenvalue weighted by molar-refractivity contribution is 6.45. The smallest absolute Gasteiger partial charge is 0.378 e. The lowest BCUT2D eigenvalue weighted by atomic mass is 9.81. The van der Waals surface area contributed by atoms with Gasteiger partial charge in [0.1, 0.15) is 17.1 Å². The van der Waals surface area contributed by atoms with Crippen molar-refractivity contribution in [3.63, 3.8) is 0 Å². The van der Waals surface area contributed by atoms with Gasteiger partial charge in [0, 0.05) is 11.1 Å². The lowest BCUT2D eigenvalue weighted by Gasteiger charge is -2.28. The minimum absolute atomic E-state index is 0.0576. The highest BCUT2D eigenvalue weighted by atomic mass is 16.5. The summed E-state index contributed by atoms with van der Waals surface area (Å²) in [5.41, 5.74) is 8.47. The molecule has 1 saturated heterocycles. The van der Waals surface area contributed by atoms with Gasteiger partial charge in [0.05, 0.1) is 14.2 Å². The minimum Gasteiger partial charge on any atom is -0.497 e. The second-order valence-corrected chi connectivity index (χ2v) is 6.53. The Bertz CT molecular complexity index is 832. The van der Waals surface area contributed by atoms with Crippen molar-refractivity contribution in [1.29, 1.82) is 0 Å². The first-order valence-electron chi connectivity index (χ1n) is 8.15. The zero-order chi connectivity index (χ0) is 18.9. The molecule has 1 fully saturated rings. The van der Waals surface area contributed by atoms with Crippen LogP contribution in [-0.4, -0.2) is 36.1 Å². The summed E-state index contributed by atoms with van der Waals surface area (Å²) in [5, 5.41) is 0. The summed E-state index contributed by atoms with van der Waals surface area (Å²) in [4.78, 5) is 16.1. The molecule has 6 heteroatoms. The monoisotopic (exact) mass is 352 g/mol. The lowest BCUT2D eigenvalue weighted by molar-refractivity contribution is -0.132. The molecule has 0 saturated carbocycles. The van der Waals surface area contributed by atoms with Crippen LogP contribution in [0.4, 0.5) is 0 Å². The molecular weight excluding hydrogens is 332 g/mol. The molecule has 0 aliphatic carbocycles. The summed E-state index contributed by atoms with van der Waals surface area (Å²) < 4.78 is 16.7. The molecule has 6 nitrogen and oxygen atoms in total. The number of hydrogen-bond acceptors (Lipinski definition) is 4. The Morgan fingerprint density at radius 1 is 0.885 bits per heavy atom. The largest absolute Gasteiger partial charge is 0.497 e. The Morgan fingerprint density at radius 3 is 1.65 bits per heavy atom. The molecule has 134 valence electrons. The molecule has 0 unspecified atom stereocenters. The molecule has 1 aliphatic heterocycles. The lowest BCUT2D eigenvalue weighted by Crippen LogP contribution is -2.37. The number of ether oxygens (including phenoxy) is 3. The van der Waals surface area contributed by atoms with E-state index in [2.05, 4.69) is 4.79 Å². The van der Waals surface area contributed by atoms with Gasteiger partial charge >= 0.3 is 5.71 Å². The van der Waals surface area contributed by atoms with Gasteiger partial charge in [-0.05, 0) is 38.1 Å². The maximum absolute atomic E-state index is 12.8. The Kier molecular flexibility index (Phi) is 4.40. The summed E-state index contributed by atoms with van der Waals surface area (Å²) in [7, 11) is 3.15. The molecule has 1 aliphatic rings. The maximum Gasteiger partial charge on any atom is 0.378 e. The number of carbonyl (C=O) groups excluding carboxylic acids is 1. The second kappa shape index (κ2) is 6.41. The van der Waals surface area contributed by atoms with Crippen molar-refractivity contribution in [3.8, 4) is 11.5 Å². The fraction of sp³-hybridized carbons (Fsp3) is 0.300. The van der Waals surface area contributed by atoms with Gasteiger partial charge in [0.15, 0.2) is 0 Å². The topological polar surface area (TPSA) is 81.2 Å². The number of methoxy groups -OCH3 is 2. The molecular formula is C20H20N2O4. The van der Waals surface area contributed by atoms with Gasteiger partial charge in [-0.1, -0.05) is 24.3 Å². The third-order valence-corrected chi connectivity index (χ3v) is 4.60. The molecule has 2 aromatic carbocycles. The van der Waals surface area contributed by atoms with E-state index in [0.717, 1.165) is 0 Å². The number of nitrogens with zero attached hydrogens (tertiary/aromatic N) is 2. The van der Waals surface area contributed by atoms with Crippen LogP contribution in [-0.2, 0) is 15.1 Å². The highest BCUT2D eigenvalue weighted by Crippen LogP contribution is 2.45. The van der Waals surface area contributed by atoms with Crippen LogP contribution in [0.25, 0.3) is 5.53 Å². The van der Waals surface area contributed by atoms with Crippen LogP contribution in [0.5, 0.6) is 11.5 Å². The molecule has 1 heterocycles. The summed E-state index contributed by atoms with van der Waals surface area (Å²) >= 11 is 0. The first-order chi connectivity index (χ1) is 12.4. The van der Waals surface area contributed by atoms with Gasteiger partial charge in [0.2, 0.25) is 5.60 Å². The Morgan fingerprint density at radius 2 is 1.31 bits per heavy atom. The standard InChI is InChI=1S/C20H20N2O4/c1-19(2)18(23)17(22-21)20(26-19,13-5-9-15(24-3)10-6-13)14-7-11-16(25-4)12-8-14/h5-12H,1-4H3. The average molecular weight is 352 g/mol. The molecule has 0 spiro atoms. The summed E-state index contributed by atoms with van der Waals surface area (Å²) in [6.07, 6.45) is 0. The summed E-state index contributed by atoms with van der Waals surface area (Å²) in [5.74, 6) is 0.973. The van der Waals surface area contributed by atoms with Crippen LogP contribution in [0.3, 0.4) is 0 Å². The number of carbonyl (C=O) groups is 1. The fourth-order valence-corrected chi connectivity index (χ4v) is 3.25. The van der Waals surface area contributed by atoms with Crippen molar-refractivity contribution in [3.05, 3.63) is 65.2 Å². The molecule has 0 bridgehead atoms. The normalized spacial score (nSPS) is 17.7. The van der Waals surface area contributed by atoms with Crippen molar-refractivity contribution >= 4 is 11.5 Å². The average Bonchev–Trinajstić information content (AvgIpc) is 2.88. The quantitative estimate of drug-likeness (QED) is 0.626. The minimum atomic E-state index is -1.33. The maximum atomic E-state index is 12.8. The van der Waals surface area contributed by atoms with Gasteiger partial charge in [-0.25, -0.2) is 0 Å². The van der Waals surface area contributed by atoms with E-state index in [1.165, 1.54) is 0 Å². The second-order valence-electron chi connectivity index (χ2n) is 6.53. The molecule has 3 rings (SSSR count). The number of ketones is 1. The number of rotatable bonds is 4. The van der Waals surface area contributed by atoms with E-state index in [1.54, 1.807) is 76.6 Å². The van der Waals surface area contributed by atoms with Crippen molar-refractivity contribution < 1.29 is 23.8 Å². The predicted octanol–water partition coefficient (Wildman–Crippen LogP) is 3.00. The Hall–Kier alpha value is -2.95. The Labute approximate surface area is 151 Å². The van der Waals surface area contributed by atoms with Gasteiger partial charge in [-0.3, -0.25) is 4.79 Å². The molecule has 0 N–H and O–H groups in total. The first kappa shape index (κ1) is 17.9. The van der Waals surface area contributed by atoms with Crippen LogP contribution in [0.15, 0.2) is 48.5 Å². The van der Waals surface area contributed by atoms with E-state index >= 15 is 0 Å². The third kappa shape index (κ3) is 2.60. The molecule has 0 aromatic heterocycles. The van der Waals surface area contributed by atoms with Crippen molar-refractivity contribution in [2.75, 3.05) is 14.2 Å². The van der Waals surface area contributed by atoms with Crippen LogP contribution in [0.1, 0.15) is 25.0 Å². The van der Waals surface area contributed by atoms with Gasteiger partial charge in [0.25, 0.3) is 5.78 Å². The third-order valence-electron chi connectivity index (χ3n) is 4.60. The number of hydrogen-bond donors (Lipinski definition) is 0. The Balaban J connectivity index is 2.28. The van der Waals surface area contributed by atoms with E-state index in [-0.39, 0.29) is 11.5 Å². The number of benzene rings is 2. The van der Waals surface area contributed by atoms with Crippen LogP contribution >= 0.6 is 0 Å². The SMILES string of the molecule is COc1ccc(C2(c3ccc(OC)cc3)OC(C)(C)C(=O)C2=[N+]=[N-])cc1. The molecule has 0 radical (unpaired) electrons. The van der Waals surface area contributed by atoms with E-state index in [4.69, 9.17) is 14.2 Å². The van der Waals surface area contributed by atoms with Crippen molar-refractivity contribution in [1.82, 2.24) is 0 Å². The van der Waals surface area contributed by atoms with Gasteiger partial charge < -0.3 is 19.7 Å². The van der Waals surface area contributed by atoms with Crippen LogP contribution in [0, 0.1) is 0 Å². The van der Waals surface area contributed by atoms with E-state index in [9.17, 15) is 10.3 Å². The van der Waals surface area contributed by atoms with Crippen LogP contribution in [0.2, 0.25) is 0 Å². The highest BCUT2D eigenvalue weighted by Gasteiger charge is 2.64. The first-order valence-corrected chi connectivity index (χ1v) is 8.15. The van der Waals surface area contributed by atoms with Gasteiger partial charge in [-0.2, -0.15) is 4.79 Å².